The molecule has 3 nitrogen and oxygen atoms in total. The Hall–Kier alpha value is -1.92. The SMILES string of the molecule is C=Nc1cc(Cc2ncccc2C(F)(F)F)ccc1C(Cl)=NCCCl. The van der Waals surface area contributed by atoms with Gasteiger partial charge in [-0.2, -0.15) is 13.2 Å². The minimum Gasteiger partial charge on any atom is -0.271 e. The van der Waals surface area contributed by atoms with Crippen molar-refractivity contribution in [1.29, 1.82) is 0 Å². The average molecular weight is 388 g/mol. The molecular weight excluding hydrogens is 374 g/mol. The van der Waals surface area contributed by atoms with E-state index < -0.39 is 11.7 Å². The number of nitrogens with zero attached hydrogens (tertiary/aromatic N) is 3. The number of aliphatic imine (C=N–C) groups is 2. The van der Waals surface area contributed by atoms with Gasteiger partial charge in [-0.15, -0.1) is 11.6 Å². The summed E-state index contributed by atoms with van der Waals surface area (Å²) in [6.07, 6.45) is -3.11. The number of halogens is 5. The number of benzene rings is 1. The van der Waals surface area contributed by atoms with Gasteiger partial charge in [0.25, 0.3) is 0 Å². The molecule has 1 aromatic heterocycles. The second-order valence-electron chi connectivity index (χ2n) is 5.04. The summed E-state index contributed by atoms with van der Waals surface area (Å²) < 4.78 is 39.2. The third kappa shape index (κ3) is 5.03. The Balaban J connectivity index is 2.36. The first-order valence-corrected chi connectivity index (χ1v) is 8.15. The van der Waals surface area contributed by atoms with Crippen LogP contribution < -0.4 is 0 Å². The van der Waals surface area contributed by atoms with Crippen molar-refractivity contribution >= 4 is 40.8 Å². The predicted octanol–water partition coefficient (Wildman–Crippen LogP) is 5.25. The molecule has 8 heteroatoms. The van der Waals surface area contributed by atoms with Crippen LogP contribution in [0, 0.1) is 0 Å². The lowest BCUT2D eigenvalue weighted by Gasteiger charge is -2.12. The molecule has 0 radical (unpaired) electrons. The molecule has 0 bridgehead atoms. The molecule has 0 N–H and O–H groups in total. The molecule has 25 heavy (non-hydrogen) atoms. The fourth-order valence-electron chi connectivity index (χ4n) is 2.25. The van der Waals surface area contributed by atoms with Crippen molar-refractivity contribution in [2.24, 2.45) is 9.98 Å². The largest absolute Gasteiger partial charge is 0.418 e. The van der Waals surface area contributed by atoms with E-state index in [0.29, 0.717) is 29.2 Å². The van der Waals surface area contributed by atoms with Crippen LogP contribution in [-0.4, -0.2) is 29.3 Å². The van der Waals surface area contributed by atoms with E-state index in [2.05, 4.69) is 21.7 Å². The van der Waals surface area contributed by atoms with Gasteiger partial charge in [-0.25, -0.2) is 0 Å². The van der Waals surface area contributed by atoms with Gasteiger partial charge < -0.3 is 0 Å². The molecule has 132 valence electrons. The Labute approximate surface area is 153 Å². The molecule has 0 aliphatic heterocycles. The molecular formula is C17H14Cl2F3N3. The molecule has 0 amide bonds. The molecule has 0 aliphatic rings. The summed E-state index contributed by atoms with van der Waals surface area (Å²) in [5, 5.41) is 0.225. The number of hydrogen-bond acceptors (Lipinski definition) is 3. The summed E-state index contributed by atoms with van der Waals surface area (Å²) in [7, 11) is 0. The van der Waals surface area contributed by atoms with E-state index in [4.69, 9.17) is 23.2 Å². The summed E-state index contributed by atoms with van der Waals surface area (Å²) in [5.74, 6) is 0.324. The molecule has 0 atom stereocenters. The maximum Gasteiger partial charge on any atom is 0.418 e. The Morgan fingerprint density at radius 2 is 2.00 bits per heavy atom. The van der Waals surface area contributed by atoms with E-state index in [1.807, 2.05) is 0 Å². The highest BCUT2D eigenvalue weighted by Gasteiger charge is 2.33. The molecule has 2 rings (SSSR count). The number of pyridine rings is 1. The second-order valence-corrected chi connectivity index (χ2v) is 5.78. The lowest BCUT2D eigenvalue weighted by atomic mass is 10.0. The topological polar surface area (TPSA) is 37.6 Å². The van der Waals surface area contributed by atoms with E-state index >= 15 is 0 Å². The van der Waals surface area contributed by atoms with E-state index in [1.54, 1.807) is 18.2 Å². The van der Waals surface area contributed by atoms with Crippen molar-refractivity contribution < 1.29 is 13.2 Å². The van der Waals surface area contributed by atoms with Gasteiger partial charge in [0.1, 0.15) is 5.17 Å². The van der Waals surface area contributed by atoms with Crippen LogP contribution in [0.1, 0.15) is 22.4 Å². The van der Waals surface area contributed by atoms with E-state index in [1.165, 1.54) is 12.3 Å². The minimum absolute atomic E-state index is 0.00885. The van der Waals surface area contributed by atoms with Crippen LogP contribution in [0.3, 0.4) is 0 Å². The standard InChI is InChI=1S/C17H14Cl2F3N3/c1-23-14-9-11(4-5-12(14)16(19)25-8-6-18)10-15-13(17(20,21)22)3-2-7-24-15/h2-5,7,9H,1,6,8,10H2. The van der Waals surface area contributed by atoms with Gasteiger partial charge in [-0.1, -0.05) is 17.7 Å². The molecule has 0 saturated carbocycles. The maximum absolute atomic E-state index is 13.1. The summed E-state index contributed by atoms with van der Waals surface area (Å²) in [6, 6.07) is 7.21. The zero-order valence-electron chi connectivity index (χ0n) is 13.0. The van der Waals surface area contributed by atoms with Crippen LogP contribution >= 0.6 is 23.2 Å². The highest BCUT2D eigenvalue weighted by molar-refractivity contribution is 6.70. The summed E-state index contributed by atoms with van der Waals surface area (Å²) in [5.41, 5.74) is 0.777. The van der Waals surface area contributed by atoms with Gasteiger partial charge in [0.15, 0.2) is 0 Å². The summed E-state index contributed by atoms with van der Waals surface area (Å²) in [6.45, 7) is 3.82. The van der Waals surface area contributed by atoms with Crippen molar-refractivity contribution in [3.63, 3.8) is 0 Å². The van der Waals surface area contributed by atoms with Crippen molar-refractivity contribution in [2.45, 2.75) is 12.6 Å². The molecule has 1 heterocycles. The van der Waals surface area contributed by atoms with E-state index in [0.717, 1.165) is 6.07 Å². The van der Waals surface area contributed by atoms with Crippen molar-refractivity contribution in [3.05, 3.63) is 58.9 Å². The first kappa shape index (κ1) is 19.4. The zero-order valence-corrected chi connectivity index (χ0v) is 14.5. The quantitative estimate of drug-likeness (QED) is 0.492. The molecule has 0 aliphatic carbocycles. The third-order valence-corrected chi connectivity index (χ3v) is 3.85. The molecule has 2 aromatic rings. The zero-order chi connectivity index (χ0) is 18.4. The van der Waals surface area contributed by atoms with Crippen LogP contribution in [0.5, 0.6) is 0 Å². The Kier molecular flexibility index (Phi) is 6.56. The lowest BCUT2D eigenvalue weighted by molar-refractivity contribution is -0.138. The molecule has 0 fully saturated rings. The first-order valence-electron chi connectivity index (χ1n) is 7.24. The van der Waals surface area contributed by atoms with Crippen LogP contribution in [0.15, 0.2) is 46.5 Å². The van der Waals surface area contributed by atoms with Crippen molar-refractivity contribution in [1.82, 2.24) is 4.98 Å². The molecule has 0 spiro atoms. The minimum atomic E-state index is -4.46. The third-order valence-electron chi connectivity index (χ3n) is 3.36. The molecule has 0 saturated heterocycles. The smallest absolute Gasteiger partial charge is 0.271 e. The van der Waals surface area contributed by atoms with Gasteiger partial charge in [0.05, 0.1) is 23.5 Å². The number of hydrogen-bond donors (Lipinski definition) is 0. The van der Waals surface area contributed by atoms with E-state index in [-0.39, 0.29) is 17.3 Å². The van der Waals surface area contributed by atoms with Gasteiger partial charge >= 0.3 is 6.18 Å². The van der Waals surface area contributed by atoms with Crippen LogP contribution in [-0.2, 0) is 12.6 Å². The average Bonchev–Trinajstić information content (AvgIpc) is 2.59. The number of alkyl halides is 4. The van der Waals surface area contributed by atoms with Crippen LogP contribution in [0.4, 0.5) is 18.9 Å². The van der Waals surface area contributed by atoms with Gasteiger partial charge in [0, 0.05) is 24.1 Å². The number of aromatic nitrogens is 1. The Bertz CT molecular complexity index is 789. The van der Waals surface area contributed by atoms with E-state index in [9.17, 15) is 13.2 Å². The van der Waals surface area contributed by atoms with Crippen molar-refractivity contribution in [2.75, 3.05) is 12.4 Å². The monoisotopic (exact) mass is 387 g/mol. The lowest BCUT2D eigenvalue weighted by Crippen LogP contribution is -2.11. The number of rotatable bonds is 6. The highest BCUT2D eigenvalue weighted by atomic mass is 35.5. The first-order chi connectivity index (χ1) is 11.9. The summed E-state index contributed by atoms with van der Waals surface area (Å²) >= 11 is 11.7. The maximum atomic E-state index is 13.1. The Morgan fingerprint density at radius 1 is 1.24 bits per heavy atom. The van der Waals surface area contributed by atoms with Crippen LogP contribution in [0.2, 0.25) is 0 Å². The Morgan fingerprint density at radius 3 is 2.64 bits per heavy atom. The fourth-order valence-corrected chi connectivity index (χ4v) is 2.58. The molecule has 1 aromatic carbocycles. The fraction of sp³-hybridized carbons (Fsp3) is 0.235. The van der Waals surface area contributed by atoms with Gasteiger partial charge in [0.2, 0.25) is 0 Å². The van der Waals surface area contributed by atoms with Gasteiger partial charge in [-0.05, 0) is 36.5 Å². The van der Waals surface area contributed by atoms with Crippen molar-refractivity contribution in [3.8, 4) is 0 Å². The molecule has 0 unspecified atom stereocenters. The second kappa shape index (κ2) is 8.45. The highest BCUT2D eigenvalue weighted by Crippen LogP contribution is 2.32. The van der Waals surface area contributed by atoms with Crippen LogP contribution in [0.25, 0.3) is 0 Å². The normalized spacial score (nSPS) is 12.3. The van der Waals surface area contributed by atoms with Gasteiger partial charge in [-0.3, -0.25) is 15.0 Å². The predicted molar refractivity (Wildman–Crippen MR) is 95.7 cm³/mol. The summed E-state index contributed by atoms with van der Waals surface area (Å²) in [4.78, 5) is 11.8.